The van der Waals surface area contributed by atoms with E-state index in [9.17, 15) is 9.18 Å². The average Bonchev–Trinajstić information content (AvgIpc) is 2.51. The zero-order valence-electron chi connectivity index (χ0n) is 11.2. The SMILES string of the molecule is N#CCCC(C(=O)c1cccc(I)c1F)c1ccccc1. The normalized spacial score (nSPS) is 11.7. The molecular formula is C17H13FINO. The van der Waals surface area contributed by atoms with Gasteiger partial charge in [0, 0.05) is 15.9 Å². The highest BCUT2D eigenvalue weighted by Gasteiger charge is 2.24. The summed E-state index contributed by atoms with van der Waals surface area (Å²) in [5.41, 5.74) is 0.907. The number of Topliss-reactive ketones (excluding diaryl/α,β-unsaturated/α-hetero) is 1. The number of halogens is 2. The minimum absolute atomic E-state index is 0.0914. The number of nitrogens with zero attached hydrogens (tertiary/aromatic N) is 1. The topological polar surface area (TPSA) is 40.9 Å². The van der Waals surface area contributed by atoms with Crippen molar-refractivity contribution in [2.45, 2.75) is 18.8 Å². The Labute approximate surface area is 136 Å². The molecule has 0 amide bonds. The monoisotopic (exact) mass is 393 g/mol. The zero-order chi connectivity index (χ0) is 15.2. The molecule has 0 N–H and O–H groups in total. The Kier molecular flexibility index (Phi) is 5.45. The first-order valence-electron chi connectivity index (χ1n) is 6.55. The van der Waals surface area contributed by atoms with Crippen molar-refractivity contribution in [3.05, 3.63) is 69.0 Å². The van der Waals surface area contributed by atoms with Crippen molar-refractivity contribution in [3.63, 3.8) is 0 Å². The number of nitriles is 1. The van der Waals surface area contributed by atoms with E-state index in [-0.39, 0.29) is 17.8 Å². The lowest BCUT2D eigenvalue weighted by Crippen LogP contribution is -2.15. The van der Waals surface area contributed by atoms with Gasteiger partial charge >= 0.3 is 0 Å². The number of benzene rings is 2. The van der Waals surface area contributed by atoms with Crippen LogP contribution in [0.3, 0.4) is 0 Å². The van der Waals surface area contributed by atoms with Crippen LogP contribution in [0.2, 0.25) is 0 Å². The second kappa shape index (κ2) is 7.32. The number of rotatable bonds is 5. The Hall–Kier alpha value is -1.74. The first-order chi connectivity index (χ1) is 10.1. The van der Waals surface area contributed by atoms with Gasteiger partial charge in [0.25, 0.3) is 0 Å². The fraction of sp³-hybridized carbons (Fsp3) is 0.176. The number of carbonyl (C=O) groups excluding carboxylic acids is 1. The van der Waals surface area contributed by atoms with Gasteiger partial charge in [0.05, 0.1) is 11.6 Å². The van der Waals surface area contributed by atoms with E-state index in [1.807, 2.05) is 52.9 Å². The van der Waals surface area contributed by atoms with E-state index in [0.29, 0.717) is 9.99 Å². The van der Waals surface area contributed by atoms with Crippen molar-refractivity contribution in [1.82, 2.24) is 0 Å². The number of hydrogen-bond acceptors (Lipinski definition) is 2. The highest BCUT2D eigenvalue weighted by atomic mass is 127. The molecule has 2 aromatic carbocycles. The van der Waals surface area contributed by atoms with Gasteiger partial charge in [0.15, 0.2) is 5.78 Å². The van der Waals surface area contributed by atoms with Crippen molar-refractivity contribution in [3.8, 4) is 6.07 Å². The lowest BCUT2D eigenvalue weighted by molar-refractivity contribution is 0.0951. The van der Waals surface area contributed by atoms with Gasteiger partial charge in [-0.25, -0.2) is 4.39 Å². The van der Waals surface area contributed by atoms with Crippen molar-refractivity contribution >= 4 is 28.4 Å². The van der Waals surface area contributed by atoms with Gasteiger partial charge in [-0.15, -0.1) is 0 Å². The van der Waals surface area contributed by atoms with Crippen LogP contribution in [-0.4, -0.2) is 5.78 Å². The maximum atomic E-state index is 14.2. The maximum Gasteiger partial charge on any atom is 0.173 e. The van der Waals surface area contributed by atoms with E-state index >= 15 is 0 Å². The van der Waals surface area contributed by atoms with Gasteiger partial charge in [-0.3, -0.25) is 4.79 Å². The Morgan fingerprint density at radius 3 is 2.57 bits per heavy atom. The molecule has 1 unspecified atom stereocenters. The summed E-state index contributed by atoms with van der Waals surface area (Å²) < 4.78 is 14.6. The largest absolute Gasteiger partial charge is 0.293 e. The minimum atomic E-state index is -0.487. The molecule has 21 heavy (non-hydrogen) atoms. The molecule has 0 heterocycles. The van der Waals surface area contributed by atoms with Crippen LogP contribution in [0.25, 0.3) is 0 Å². The van der Waals surface area contributed by atoms with Crippen LogP contribution in [0, 0.1) is 20.7 Å². The van der Waals surface area contributed by atoms with Crippen molar-refractivity contribution < 1.29 is 9.18 Å². The third-order valence-corrected chi connectivity index (χ3v) is 4.11. The molecule has 0 aliphatic rings. The third-order valence-electron chi connectivity index (χ3n) is 3.28. The van der Waals surface area contributed by atoms with Crippen LogP contribution in [0.15, 0.2) is 48.5 Å². The summed E-state index contributed by atoms with van der Waals surface area (Å²) in [5.74, 6) is -1.24. The van der Waals surface area contributed by atoms with E-state index in [1.54, 1.807) is 12.1 Å². The van der Waals surface area contributed by atoms with Crippen LogP contribution in [-0.2, 0) is 0 Å². The summed E-state index contributed by atoms with van der Waals surface area (Å²) in [6.45, 7) is 0. The molecule has 2 nitrogen and oxygen atoms in total. The molecule has 2 rings (SSSR count). The number of carbonyl (C=O) groups is 1. The van der Waals surface area contributed by atoms with E-state index in [1.165, 1.54) is 6.07 Å². The third kappa shape index (κ3) is 3.67. The summed E-state index contributed by atoms with van der Waals surface area (Å²) in [6.07, 6.45) is 0.654. The Morgan fingerprint density at radius 2 is 1.90 bits per heavy atom. The quantitative estimate of drug-likeness (QED) is 0.546. The van der Waals surface area contributed by atoms with Crippen molar-refractivity contribution in [2.24, 2.45) is 0 Å². The molecule has 2 aromatic rings. The van der Waals surface area contributed by atoms with Crippen molar-refractivity contribution in [1.29, 1.82) is 5.26 Å². The molecule has 0 bridgehead atoms. The molecule has 0 aromatic heterocycles. The second-order valence-electron chi connectivity index (χ2n) is 4.63. The first kappa shape index (κ1) is 15.6. The van der Waals surface area contributed by atoms with Gasteiger partial charge in [-0.1, -0.05) is 36.4 Å². The lowest BCUT2D eigenvalue weighted by Gasteiger charge is -2.15. The highest BCUT2D eigenvalue weighted by Crippen LogP contribution is 2.27. The van der Waals surface area contributed by atoms with E-state index in [2.05, 4.69) is 6.07 Å². The van der Waals surface area contributed by atoms with Crippen molar-refractivity contribution in [2.75, 3.05) is 0 Å². The Bertz CT molecular complexity index is 679. The molecule has 0 saturated carbocycles. The van der Waals surface area contributed by atoms with E-state index < -0.39 is 11.7 Å². The van der Waals surface area contributed by atoms with Crippen LogP contribution in [0.4, 0.5) is 4.39 Å². The molecule has 0 aliphatic heterocycles. The molecule has 1 atom stereocenters. The van der Waals surface area contributed by atoms with Gasteiger partial charge in [0.1, 0.15) is 5.82 Å². The maximum absolute atomic E-state index is 14.2. The summed E-state index contributed by atoms with van der Waals surface area (Å²) in [4.78, 5) is 12.7. The van der Waals surface area contributed by atoms with Crippen LogP contribution in [0.1, 0.15) is 34.7 Å². The molecule has 0 spiro atoms. The van der Waals surface area contributed by atoms with Crippen LogP contribution in [0.5, 0.6) is 0 Å². The van der Waals surface area contributed by atoms with Crippen LogP contribution < -0.4 is 0 Å². The molecule has 106 valence electrons. The minimum Gasteiger partial charge on any atom is -0.293 e. The molecule has 0 radical (unpaired) electrons. The summed E-state index contributed by atoms with van der Waals surface area (Å²) in [7, 11) is 0. The van der Waals surface area contributed by atoms with E-state index in [0.717, 1.165) is 5.56 Å². The fourth-order valence-corrected chi connectivity index (χ4v) is 2.72. The van der Waals surface area contributed by atoms with E-state index in [4.69, 9.17) is 5.26 Å². The fourth-order valence-electron chi connectivity index (χ4n) is 2.23. The van der Waals surface area contributed by atoms with Gasteiger partial charge in [0.2, 0.25) is 0 Å². The molecule has 0 saturated heterocycles. The smallest absolute Gasteiger partial charge is 0.173 e. The second-order valence-corrected chi connectivity index (χ2v) is 5.79. The predicted octanol–water partition coefficient (Wildman–Crippen LogP) is 4.70. The predicted molar refractivity (Wildman–Crippen MR) is 87.5 cm³/mol. The summed E-state index contributed by atoms with van der Waals surface area (Å²) >= 11 is 1.87. The van der Waals surface area contributed by atoms with Crippen LogP contribution >= 0.6 is 22.6 Å². The van der Waals surface area contributed by atoms with Gasteiger partial charge in [-0.05, 0) is 46.7 Å². The Morgan fingerprint density at radius 1 is 1.19 bits per heavy atom. The molecule has 0 fully saturated rings. The zero-order valence-corrected chi connectivity index (χ0v) is 13.4. The first-order valence-corrected chi connectivity index (χ1v) is 7.63. The van der Waals surface area contributed by atoms with Gasteiger partial charge in [-0.2, -0.15) is 5.26 Å². The van der Waals surface area contributed by atoms with Gasteiger partial charge < -0.3 is 0 Å². The average molecular weight is 393 g/mol. The Balaban J connectivity index is 2.39. The molecule has 4 heteroatoms. The standard InChI is InChI=1S/C17H13FINO/c18-16-14(8-4-10-15(16)19)17(21)13(9-5-11-20)12-6-2-1-3-7-12/h1-4,6-8,10,13H,5,9H2. The number of ketones is 1. The summed E-state index contributed by atoms with van der Waals surface area (Å²) in [5, 5.41) is 8.78. The highest BCUT2D eigenvalue weighted by molar-refractivity contribution is 14.1. The summed E-state index contributed by atoms with van der Waals surface area (Å²) in [6, 6.07) is 16.1. The lowest BCUT2D eigenvalue weighted by atomic mass is 9.87. The molecule has 0 aliphatic carbocycles. The molecular weight excluding hydrogens is 380 g/mol. The number of hydrogen-bond donors (Lipinski definition) is 0.